The molecule has 1 heterocycles. The van der Waals surface area contributed by atoms with Crippen molar-refractivity contribution < 1.29 is 4.39 Å². The van der Waals surface area contributed by atoms with Gasteiger partial charge in [0.2, 0.25) is 0 Å². The van der Waals surface area contributed by atoms with Crippen LogP contribution in [-0.2, 0) is 0 Å². The maximum absolute atomic E-state index is 13.3. The second kappa shape index (κ2) is 3.24. The number of aromatic nitrogens is 1. The molecular formula is C10H4ClFN2. The number of rotatable bonds is 0. The van der Waals surface area contributed by atoms with Crippen molar-refractivity contribution in [3.63, 3.8) is 0 Å². The summed E-state index contributed by atoms with van der Waals surface area (Å²) in [5.74, 6) is -0.422. The third-order valence-electron chi connectivity index (χ3n) is 1.94. The molecule has 4 heteroatoms. The average molecular weight is 207 g/mol. The molecule has 0 spiro atoms. The first-order valence-electron chi connectivity index (χ1n) is 3.86. The summed E-state index contributed by atoms with van der Waals surface area (Å²) in [7, 11) is 0. The molecule has 1 aromatic heterocycles. The van der Waals surface area contributed by atoms with Gasteiger partial charge in [-0.15, -0.1) is 0 Å². The standard InChI is InChI=1S/C10H4ClFN2/c11-8-1-2-9(12)7-5-14-4-6(3-13)10(7)8/h1-2,4-5H. The highest BCUT2D eigenvalue weighted by molar-refractivity contribution is 6.35. The number of fused-ring (bicyclic) bond motifs is 1. The Balaban J connectivity index is 3.01. The highest BCUT2D eigenvalue weighted by Crippen LogP contribution is 2.27. The number of halogens is 2. The fourth-order valence-corrected chi connectivity index (χ4v) is 1.57. The van der Waals surface area contributed by atoms with Gasteiger partial charge in [0.25, 0.3) is 0 Å². The summed E-state index contributed by atoms with van der Waals surface area (Å²) in [4.78, 5) is 3.76. The Morgan fingerprint density at radius 1 is 1.36 bits per heavy atom. The third kappa shape index (κ3) is 1.21. The predicted octanol–water partition coefficient (Wildman–Crippen LogP) is 2.90. The SMILES string of the molecule is N#Cc1cncc2c(F)ccc(Cl)c12. The molecule has 0 radical (unpaired) electrons. The van der Waals surface area contributed by atoms with Crippen molar-refractivity contribution in [3.8, 4) is 6.07 Å². The van der Waals surface area contributed by atoms with Crippen LogP contribution in [0.25, 0.3) is 10.8 Å². The van der Waals surface area contributed by atoms with Crippen LogP contribution in [-0.4, -0.2) is 4.98 Å². The Morgan fingerprint density at radius 2 is 2.14 bits per heavy atom. The van der Waals surface area contributed by atoms with Crippen molar-refractivity contribution in [3.05, 3.63) is 40.9 Å². The van der Waals surface area contributed by atoms with Crippen LogP contribution in [0.15, 0.2) is 24.5 Å². The molecule has 0 saturated carbocycles. The van der Waals surface area contributed by atoms with E-state index in [1.807, 2.05) is 6.07 Å². The lowest BCUT2D eigenvalue weighted by molar-refractivity contribution is 0.639. The van der Waals surface area contributed by atoms with Gasteiger partial charge < -0.3 is 0 Å². The van der Waals surface area contributed by atoms with Crippen molar-refractivity contribution in [2.75, 3.05) is 0 Å². The van der Waals surface area contributed by atoms with E-state index < -0.39 is 5.82 Å². The molecule has 1 aromatic carbocycles. The number of benzene rings is 1. The van der Waals surface area contributed by atoms with Gasteiger partial charge in [-0.2, -0.15) is 5.26 Å². The molecule has 0 fully saturated rings. The maximum Gasteiger partial charge on any atom is 0.132 e. The second-order valence-corrected chi connectivity index (χ2v) is 3.16. The fourth-order valence-electron chi connectivity index (χ4n) is 1.30. The van der Waals surface area contributed by atoms with E-state index in [4.69, 9.17) is 16.9 Å². The van der Waals surface area contributed by atoms with E-state index in [9.17, 15) is 4.39 Å². The first kappa shape index (κ1) is 8.92. The number of hydrogen-bond acceptors (Lipinski definition) is 2. The molecule has 14 heavy (non-hydrogen) atoms. The number of nitriles is 1. The van der Waals surface area contributed by atoms with E-state index in [0.29, 0.717) is 10.4 Å². The summed E-state index contributed by atoms with van der Waals surface area (Å²) in [6, 6.07) is 4.61. The van der Waals surface area contributed by atoms with Gasteiger partial charge in [-0.25, -0.2) is 4.39 Å². The van der Waals surface area contributed by atoms with E-state index in [0.717, 1.165) is 0 Å². The molecule has 0 aliphatic rings. The van der Waals surface area contributed by atoms with Crippen molar-refractivity contribution in [1.29, 1.82) is 5.26 Å². The Bertz CT molecular complexity index is 546. The minimum atomic E-state index is -0.422. The Morgan fingerprint density at radius 3 is 2.86 bits per heavy atom. The van der Waals surface area contributed by atoms with Gasteiger partial charge in [0.15, 0.2) is 0 Å². The lowest BCUT2D eigenvalue weighted by Crippen LogP contribution is -1.87. The highest BCUT2D eigenvalue weighted by atomic mass is 35.5. The van der Waals surface area contributed by atoms with E-state index >= 15 is 0 Å². The van der Waals surface area contributed by atoms with Crippen LogP contribution in [0.4, 0.5) is 4.39 Å². The van der Waals surface area contributed by atoms with E-state index in [1.165, 1.54) is 24.5 Å². The van der Waals surface area contributed by atoms with Crippen LogP contribution in [0.5, 0.6) is 0 Å². The molecule has 0 N–H and O–H groups in total. The van der Waals surface area contributed by atoms with Crippen LogP contribution in [0.1, 0.15) is 5.56 Å². The monoisotopic (exact) mass is 206 g/mol. The minimum absolute atomic E-state index is 0.275. The van der Waals surface area contributed by atoms with Crippen molar-refractivity contribution >= 4 is 22.4 Å². The number of pyridine rings is 1. The predicted molar refractivity (Wildman–Crippen MR) is 51.4 cm³/mol. The average Bonchev–Trinajstić information content (AvgIpc) is 2.23. The fraction of sp³-hybridized carbons (Fsp3) is 0. The van der Waals surface area contributed by atoms with Crippen LogP contribution < -0.4 is 0 Å². The number of hydrogen-bond donors (Lipinski definition) is 0. The molecule has 2 aromatic rings. The molecule has 2 nitrogen and oxygen atoms in total. The van der Waals surface area contributed by atoms with E-state index in [-0.39, 0.29) is 10.9 Å². The Hall–Kier alpha value is -1.66. The zero-order valence-corrected chi connectivity index (χ0v) is 7.72. The van der Waals surface area contributed by atoms with Crippen LogP contribution in [0, 0.1) is 17.1 Å². The normalized spacial score (nSPS) is 10.1. The molecular weight excluding hydrogens is 203 g/mol. The van der Waals surface area contributed by atoms with Gasteiger partial charge in [0, 0.05) is 23.2 Å². The number of nitrogens with zero attached hydrogens (tertiary/aromatic N) is 2. The van der Waals surface area contributed by atoms with Gasteiger partial charge in [-0.3, -0.25) is 4.98 Å². The molecule has 0 aliphatic heterocycles. The van der Waals surface area contributed by atoms with Crippen molar-refractivity contribution in [2.24, 2.45) is 0 Å². The molecule has 0 aliphatic carbocycles. The lowest BCUT2D eigenvalue weighted by Gasteiger charge is -2.02. The van der Waals surface area contributed by atoms with Crippen LogP contribution >= 0.6 is 11.6 Å². The van der Waals surface area contributed by atoms with Gasteiger partial charge >= 0.3 is 0 Å². The highest BCUT2D eigenvalue weighted by Gasteiger charge is 2.08. The maximum atomic E-state index is 13.3. The summed E-state index contributed by atoms with van der Waals surface area (Å²) in [5, 5.41) is 9.84. The van der Waals surface area contributed by atoms with Crippen molar-refractivity contribution in [2.45, 2.75) is 0 Å². The quantitative estimate of drug-likeness (QED) is 0.665. The second-order valence-electron chi connectivity index (χ2n) is 2.75. The minimum Gasteiger partial charge on any atom is -0.263 e. The molecule has 0 atom stereocenters. The zero-order valence-electron chi connectivity index (χ0n) is 6.96. The summed E-state index contributed by atoms with van der Waals surface area (Å²) >= 11 is 5.87. The summed E-state index contributed by atoms with van der Waals surface area (Å²) in [6.07, 6.45) is 2.73. The topological polar surface area (TPSA) is 36.7 Å². The smallest absolute Gasteiger partial charge is 0.132 e. The van der Waals surface area contributed by atoms with Gasteiger partial charge in [-0.05, 0) is 12.1 Å². The molecule has 0 amide bonds. The summed E-state index contributed by atoms with van der Waals surface area (Å²) in [5.41, 5.74) is 0.284. The first-order chi connectivity index (χ1) is 6.74. The van der Waals surface area contributed by atoms with Crippen LogP contribution in [0.3, 0.4) is 0 Å². The summed E-state index contributed by atoms with van der Waals surface area (Å²) in [6.45, 7) is 0. The Labute approximate surface area is 84.6 Å². The van der Waals surface area contributed by atoms with Crippen molar-refractivity contribution in [1.82, 2.24) is 4.98 Å². The summed E-state index contributed by atoms with van der Waals surface area (Å²) < 4.78 is 13.3. The zero-order chi connectivity index (χ0) is 10.1. The lowest BCUT2D eigenvalue weighted by atomic mass is 10.1. The van der Waals surface area contributed by atoms with Crippen LogP contribution in [0.2, 0.25) is 5.02 Å². The Kier molecular flexibility index (Phi) is 2.06. The van der Waals surface area contributed by atoms with E-state index in [1.54, 1.807) is 0 Å². The largest absolute Gasteiger partial charge is 0.263 e. The molecule has 0 bridgehead atoms. The molecule has 0 unspecified atom stereocenters. The first-order valence-corrected chi connectivity index (χ1v) is 4.23. The third-order valence-corrected chi connectivity index (χ3v) is 2.25. The van der Waals surface area contributed by atoms with Gasteiger partial charge in [0.05, 0.1) is 10.6 Å². The van der Waals surface area contributed by atoms with E-state index in [2.05, 4.69) is 4.98 Å². The molecule has 68 valence electrons. The molecule has 0 saturated heterocycles. The molecule has 2 rings (SSSR count). The van der Waals surface area contributed by atoms with Gasteiger partial charge in [0.1, 0.15) is 11.9 Å². The van der Waals surface area contributed by atoms with Gasteiger partial charge in [-0.1, -0.05) is 11.6 Å².